The lowest BCUT2D eigenvalue weighted by molar-refractivity contribution is 0.0912. The summed E-state index contributed by atoms with van der Waals surface area (Å²) in [5.41, 5.74) is 6.62. The van der Waals surface area contributed by atoms with Crippen molar-refractivity contribution in [2.45, 2.75) is 25.3 Å². The number of nitrogens with two attached hydrogens (primary N) is 1. The van der Waals surface area contributed by atoms with Crippen LogP contribution in [0.4, 0.5) is 5.69 Å². The summed E-state index contributed by atoms with van der Waals surface area (Å²) in [4.78, 5) is 14.3. The van der Waals surface area contributed by atoms with Gasteiger partial charge in [0.15, 0.2) is 0 Å². The van der Waals surface area contributed by atoms with E-state index in [4.69, 9.17) is 5.73 Å². The maximum atomic E-state index is 11.5. The van der Waals surface area contributed by atoms with E-state index in [9.17, 15) is 4.79 Å². The summed E-state index contributed by atoms with van der Waals surface area (Å²) >= 11 is 0. The SMILES string of the molecule is Nc1c[nH]c(C(=O)NC2CCC2)c1. The van der Waals surface area contributed by atoms with Crippen LogP contribution in [0.15, 0.2) is 12.3 Å². The highest BCUT2D eigenvalue weighted by Gasteiger charge is 2.20. The zero-order valence-corrected chi connectivity index (χ0v) is 7.34. The van der Waals surface area contributed by atoms with Gasteiger partial charge in [0.05, 0.1) is 0 Å². The van der Waals surface area contributed by atoms with Gasteiger partial charge in [0.1, 0.15) is 5.69 Å². The minimum atomic E-state index is -0.0543. The second-order valence-corrected chi connectivity index (χ2v) is 3.45. The zero-order valence-electron chi connectivity index (χ0n) is 7.34. The van der Waals surface area contributed by atoms with Crippen LogP contribution in [-0.4, -0.2) is 16.9 Å². The third-order valence-electron chi connectivity index (χ3n) is 2.39. The molecule has 4 N–H and O–H groups in total. The van der Waals surface area contributed by atoms with Crippen LogP contribution in [0.25, 0.3) is 0 Å². The molecular weight excluding hydrogens is 166 g/mol. The smallest absolute Gasteiger partial charge is 0.267 e. The number of hydrogen-bond donors (Lipinski definition) is 3. The van der Waals surface area contributed by atoms with E-state index in [1.807, 2.05) is 0 Å². The molecule has 1 aromatic heterocycles. The largest absolute Gasteiger partial charge is 0.397 e. The number of nitrogen functional groups attached to an aromatic ring is 1. The predicted molar refractivity (Wildman–Crippen MR) is 50.3 cm³/mol. The summed E-state index contributed by atoms with van der Waals surface area (Å²) in [6.45, 7) is 0. The van der Waals surface area contributed by atoms with E-state index in [-0.39, 0.29) is 5.91 Å². The normalized spacial score (nSPS) is 16.6. The van der Waals surface area contributed by atoms with Crippen molar-refractivity contribution in [2.24, 2.45) is 0 Å². The summed E-state index contributed by atoms with van der Waals surface area (Å²) < 4.78 is 0. The van der Waals surface area contributed by atoms with Crippen molar-refractivity contribution in [1.82, 2.24) is 10.3 Å². The van der Waals surface area contributed by atoms with Gasteiger partial charge in [-0.15, -0.1) is 0 Å². The van der Waals surface area contributed by atoms with Crippen molar-refractivity contribution in [1.29, 1.82) is 0 Å². The molecule has 0 aromatic carbocycles. The van der Waals surface area contributed by atoms with Crippen LogP contribution in [-0.2, 0) is 0 Å². The van der Waals surface area contributed by atoms with Gasteiger partial charge in [-0.25, -0.2) is 0 Å². The monoisotopic (exact) mass is 179 g/mol. The molecule has 1 aromatic rings. The van der Waals surface area contributed by atoms with E-state index in [2.05, 4.69) is 10.3 Å². The molecule has 70 valence electrons. The number of aromatic nitrogens is 1. The van der Waals surface area contributed by atoms with Gasteiger partial charge in [0.2, 0.25) is 0 Å². The van der Waals surface area contributed by atoms with Crippen molar-refractivity contribution >= 4 is 11.6 Å². The van der Waals surface area contributed by atoms with E-state index in [0.29, 0.717) is 17.4 Å². The number of anilines is 1. The van der Waals surface area contributed by atoms with Gasteiger partial charge in [0, 0.05) is 17.9 Å². The third-order valence-corrected chi connectivity index (χ3v) is 2.39. The van der Waals surface area contributed by atoms with Crippen LogP contribution in [0.5, 0.6) is 0 Å². The van der Waals surface area contributed by atoms with E-state index in [1.54, 1.807) is 12.3 Å². The van der Waals surface area contributed by atoms with Crippen molar-refractivity contribution < 1.29 is 4.79 Å². The quantitative estimate of drug-likeness (QED) is 0.630. The Morgan fingerprint density at radius 2 is 2.38 bits per heavy atom. The van der Waals surface area contributed by atoms with Crippen LogP contribution in [0.1, 0.15) is 29.8 Å². The number of aromatic amines is 1. The minimum absolute atomic E-state index is 0.0543. The van der Waals surface area contributed by atoms with Crippen LogP contribution in [0.2, 0.25) is 0 Å². The molecule has 0 unspecified atom stereocenters. The number of carbonyl (C=O) groups excluding carboxylic acids is 1. The highest BCUT2D eigenvalue weighted by Crippen LogP contribution is 2.18. The van der Waals surface area contributed by atoms with E-state index in [0.717, 1.165) is 12.8 Å². The third kappa shape index (κ3) is 1.66. The van der Waals surface area contributed by atoms with Crippen LogP contribution in [0, 0.1) is 0 Å². The fraction of sp³-hybridized carbons (Fsp3) is 0.444. The Morgan fingerprint density at radius 1 is 1.62 bits per heavy atom. The molecule has 0 aliphatic heterocycles. The summed E-state index contributed by atoms with van der Waals surface area (Å²) in [6.07, 6.45) is 5.04. The van der Waals surface area contributed by atoms with Gasteiger partial charge in [-0.3, -0.25) is 4.79 Å². The van der Waals surface area contributed by atoms with Gasteiger partial charge < -0.3 is 16.0 Å². The lowest BCUT2D eigenvalue weighted by Gasteiger charge is -2.25. The summed E-state index contributed by atoms with van der Waals surface area (Å²) in [5, 5.41) is 2.92. The second-order valence-electron chi connectivity index (χ2n) is 3.45. The molecule has 1 heterocycles. The average Bonchev–Trinajstić information content (AvgIpc) is 2.44. The lowest BCUT2D eigenvalue weighted by Crippen LogP contribution is -2.39. The fourth-order valence-corrected chi connectivity index (χ4v) is 1.36. The van der Waals surface area contributed by atoms with Crippen LogP contribution >= 0.6 is 0 Å². The standard InChI is InChI=1S/C9H13N3O/c10-6-4-8(11-5-6)9(13)12-7-2-1-3-7/h4-5,7,11H,1-3,10H2,(H,12,13). The van der Waals surface area contributed by atoms with E-state index < -0.39 is 0 Å². The van der Waals surface area contributed by atoms with Gasteiger partial charge in [-0.05, 0) is 25.3 Å². The minimum Gasteiger partial charge on any atom is -0.397 e. The molecule has 0 spiro atoms. The predicted octanol–water partition coefficient (Wildman–Crippen LogP) is 0.879. The first kappa shape index (κ1) is 8.16. The fourth-order valence-electron chi connectivity index (χ4n) is 1.36. The van der Waals surface area contributed by atoms with Crippen molar-refractivity contribution in [3.63, 3.8) is 0 Å². The van der Waals surface area contributed by atoms with Crippen molar-refractivity contribution in [3.8, 4) is 0 Å². The maximum absolute atomic E-state index is 11.5. The Bertz CT molecular complexity index is 314. The van der Waals surface area contributed by atoms with Gasteiger partial charge >= 0.3 is 0 Å². The molecule has 1 amide bonds. The molecule has 1 aliphatic rings. The first-order chi connectivity index (χ1) is 6.25. The maximum Gasteiger partial charge on any atom is 0.267 e. The number of amides is 1. The lowest BCUT2D eigenvalue weighted by atomic mass is 9.93. The Kier molecular flexibility index (Phi) is 1.96. The highest BCUT2D eigenvalue weighted by atomic mass is 16.1. The van der Waals surface area contributed by atoms with Gasteiger partial charge in [-0.2, -0.15) is 0 Å². The summed E-state index contributed by atoms with van der Waals surface area (Å²) in [7, 11) is 0. The molecule has 0 saturated heterocycles. The molecule has 1 aliphatic carbocycles. The molecule has 4 nitrogen and oxygen atoms in total. The van der Waals surface area contributed by atoms with Gasteiger partial charge in [0.25, 0.3) is 5.91 Å². The van der Waals surface area contributed by atoms with Crippen molar-refractivity contribution in [2.75, 3.05) is 5.73 Å². The molecule has 0 bridgehead atoms. The molecule has 0 radical (unpaired) electrons. The topological polar surface area (TPSA) is 70.9 Å². The van der Waals surface area contributed by atoms with Gasteiger partial charge in [-0.1, -0.05) is 0 Å². The van der Waals surface area contributed by atoms with Crippen molar-refractivity contribution in [3.05, 3.63) is 18.0 Å². The molecule has 1 saturated carbocycles. The van der Waals surface area contributed by atoms with E-state index >= 15 is 0 Å². The first-order valence-electron chi connectivity index (χ1n) is 4.50. The number of H-pyrrole nitrogens is 1. The summed E-state index contributed by atoms with van der Waals surface area (Å²) in [5.74, 6) is -0.0543. The number of nitrogens with one attached hydrogen (secondary N) is 2. The average molecular weight is 179 g/mol. The summed E-state index contributed by atoms with van der Waals surface area (Å²) in [6, 6.07) is 2.02. The zero-order chi connectivity index (χ0) is 9.26. The second kappa shape index (κ2) is 3.12. The van der Waals surface area contributed by atoms with Crippen LogP contribution < -0.4 is 11.1 Å². The molecular formula is C9H13N3O. The first-order valence-corrected chi connectivity index (χ1v) is 4.50. The highest BCUT2D eigenvalue weighted by molar-refractivity contribution is 5.93. The Morgan fingerprint density at radius 3 is 2.85 bits per heavy atom. The number of rotatable bonds is 2. The molecule has 0 atom stereocenters. The Hall–Kier alpha value is -1.45. The number of hydrogen-bond acceptors (Lipinski definition) is 2. The van der Waals surface area contributed by atoms with Crippen LogP contribution in [0.3, 0.4) is 0 Å². The van der Waals surface area contributed by atoms with E-state index in [1.165, 1.54) is 6.42 Å². The Labute approximate surface area is 76.5 Å². The molecule has 2 rings (SSSR count). The molecule has 1 fully saturated rings. The number of carbonyl (C=O) groups is 1. The molecule has 13 heavy (non-hydrogen) atoms. The molecule has 4 heteroatoms. The Balaban J connectivity index is 1.96.